The van der Waals surface area contributed by atoms with Crippen molar-refractivity contribution >= 4 is 23.6 Å². The number of imide groups is 2. The molecular weight excluding hydrogens is 370 g/mol. The first-order valence-electron chi connectivity index (χ1n) is 9.61. The summed E-state index contributed by atoms with van der Waals surface area (Å²) in [5.74, 6) is -4.74. The van der Waals surface area contributed by atoms with E-state index in [1.807, 2.05) is 60.7 Å². The Morgan fingerprint density at radius 2 is 0.828 bits per heavy atom. The van der Waals surface area contributed by atoms with Gasteiger partial charge in [-0.2, -0.15) is 0 Å². The van der Waals surface area contributed by atoms with Crippen molar-refractivity contribution in [2.75, 3.05) is 0 Å². The van der Waals surface area contributed by atoms with Gasteiger partial charge in [0.25, 0.3) is 0 Å². The third-order valence-electron chi connectivity index (χ3n) is 7.17. The Hall–Kier alpha value is -3.32. The van der Waals surface area contributed by atoms with Crippen molar-refractivity contribution in [2.24, 2.45) is 23.7 Å². The molecule has 6 atom stereocenters. The maximum Gasteiger partial charge on any atom is 0.232 e. The van der Waals surface area contributed by atoms with E-state index in [2.05, 4.69) is 16.0 Å². The highest BCUT2D eigenvalue weighted by atomic mass is 16.2. The zero-order valence-electron chi connectivity index (χ0n) is 15.2. The molecule has 4 aliphatic rings. The van der Waals surface area contributed by atoms with E-state index in [-0.39, 0.29) is 0 Å². The molecule has 29 heavy (non-hydrogen) atoms. The van der Waals surface area contributed by atoms with Crippen molar-refractivity contribution in [1.29, 1.82) is 0 Å². The van der Waals surface area contributed by atoms with Gasteiger partial charge in [0.2, 0.25) is 23.6 Å². The Balaban J connectivity index is 1.72. The van der Waals surface area contributed by atoms with Crippen molar-refractivity contribution in [3.8, 4) is 0 Å². The van der Waals surface area contributed by atoms with Gasteiger partial charge in [0.1, 0.15) is 0 Å². The lowest BCUT2D eigenvalue weighted by Gasteiger charge is -2.40. The molecule has 0 aliphatic carbocycles. The van der Waals surface area contributed by atoms with Gasteiger partial charge in [-0.15, -0.1) is 0 Å². The van der Waals surface area contributed by atoms with Gasteiger partial charge in [0.15, 0.2) is 0 Å². The summed E-state index contributed by atoms with van der Waals surface area (Å²) in [6.45, 7) is 0. The monoisotopic (exact) mass is 387 g/mol. The highest BCUT2D eigenvalue weighted by molar-refractivity contribution is 6.13. The van der Waals surface area contributed by atoms with Gasteiger partial charge in [0.05, 0.1) is 34.7 Å². The van der Waals surface area contributed by atoms with E-state index in [0.717, 1.165) is 11.1 Å². The summed E-state index contributed by atoms with van der Waals surface area (Å²) in [6.07, 6.45) is 0. The Kier molecular flexibility index (Phi) is 2.97. The number of carbonyl (C=O) groups is 4. The SMILES string of the molecule is O=C1NC(=O)[C@@H]2[C@@H]1C1(c3ccccc3)NC2(c2ccccc2)[C@H]2C(=O)NC(=O)[C@@H]21. The summed E-state index contributed by atoms with van der Waals surface area (Å²) in [5, 5.41) is 8.48. The average Bonchev–Trinajstić information content (AvgIpc) is 3.42. The van der Waals surface area contributed by atoms with E-state index in [0.29, 0.717) is 0 Å². The number of amides is 4. The van der Waals surface area contributed by atoms with Crippen LogP contribution in [0.4, 0.5) is 0 Å². The normalized spacial score (nSPS) is 39.3. The number of benzene rings is 2. The molecule has 0 radical (unpaired) electrons. The van der Waals surface area contributed by atoms with Crippen LogP contribution in [0.15, 0.2) is 60.7 Å². The van der Waals surface area contributed by atoms with E-state index in [4.69, 9.17) is 0 Å². The van der Waals surface area contributed by atoms with Gasteiger partial charge in [-0.3, -0.25) is 35.1 Å². The van der Waals surface area contributed by atoms with Crippen LogP contribution in [-0.4, -0.2) is 23.6 Å². The molecule has 6 rings (SSSR count). The van der Waals surface area contributed by atoms with Crippen molar-refractivity contribution in [3.63, 3.8) is 0 Å². The number of hydrogen-bond acceptors (Lipinski definition) is 5. The minimum absolute atomic E-state index is 0.403. The predicted octanol–water partition coefficient (Wildman–Crippen LogP) is 0.172. The highest BCUT2D eigenvalue weighted by Gasteiger charge is 2.84. The molecule has 4 saturated heterocycles. The molecule has 2 unspecified atom stereocenters. The molecule has 0 aromatic heterocycles. The Labute approximate surface area is 165 Å². The van der Waals surface area contributed by atoms with Gasteiger partial charge < -0.3 is 0 Å². The minimum Gasteiger partial charge on any atom is -0.296 e. The Bertz CT molecular complexity index is 970. The fourth-order valence-electron chi connectivity index (χ4n) is 6.37. The fourth-order valence-corrected chi connectivity index (χ4v) is 6.37. The lowest BCUT2D eigenvalue weighted by molar-refractivity contribution is -0.133. The molecule has 2 aromatic rings. The third kappa shape index (κ3) is 1.69. The molecule has 7 nitrogen and oxygen atoms in total. The van der Waals surface area contributed by atoms with Gasteiger partial charge in [-0.1, -0.05) is 60.7 Å². The third-order valence-corrected chi connectivity index (χ3v) is 7.17. The number of hydrogen-bond donors (Lipinski definition) is 3. The van der Waals surface area contributed by atoms with Crippen molar-refractivity contribution in [1.82, 2.24) is 16.0 Å². The molecule has 144 valence electrons. The summed E-state index contributed by atoms with van der Waals surface area (Å²) >= 11 is 0. The molecule has 4 heterocycles. The van der Waals surface area contributed by atoms with Gasteiger partial charge in [-0.25, -0.2) is 0 Å². The molecule has 0 spiro atoms. The molecule has 3 N–H and O–H groups in total. The lowest BCUT2D eigenvalue weighted by Crippen LogP contribution is -2.52. The van der Waals surface area contributed by atoms with E-state index < -0.39 is 58.4 Å². The summed E-state index contributed by atoms with van der Waals surface area (Å²) < 4.78 is 0. The van der Waals surface area contributed by atoms with Crippen LogP contribution in [0.1, 0.15) is 11.1 Å². The molecular formula is C22H17N3O4. The number of rotatable bonds is 2. The Morgan fingerprint density at radius 3 is 1.14 bits per heavy atom. The average molecular weight is 387 g/mol. The maximum atomic E-state index is 13.0. The lowest BCUT2D eigenvalue weighted by atomic mass is 9.55. The second-order valence-corrected chi connectivity index (χ2v) is 8.21. The van der Waals surface area contributed by atoms with E-state index in [9.17, 15) is 19.2 Å². The summed E-state index contributed by atoms with van der Waals surface area (Å²) in [6, 6.07) is 18.4. The van der Waals surface area contributed by atoms with Crippen LogP contribution < -0.4 is 16.0 Å². The standard InChI is InChI=1S/C22H17N3O4/c26-17-13-15(19(28)23-17)22(12-9-5-2-6-10-12)16-14(18(27)24-20(16)29)21(13,25-22)11-7-3-1-4-8-11/h1-10,13-16,25H,(H,23,26,28)(H,24,27,29)/t13-,14+,15-,16+,21?,22?. The fraction of sp³-hybridized carbons (Fsp3) is 0.273. The second-order valence-electron chi connectivity index (χ2n) is 8.21. The summed E-state index contributed by atoms with van der Waals surface area (Å²) in [5.41, 5.74) is -0.817. The van der Waals surface area contributed by atoms with Crippen LogP contribution in [0, 0.1) is 23.7 Å². The van der Waals surface area contributed by atoms with Crippen LogP contribution in [-0.2, 0) is 30.3 Å². The van der Waals surface area contributed by atoms with Crippen LogP contribution in [0.2, 0.25) is 0 Å². The van der Waals surface area contributed by atoms with Crippen LogP contribution in [0.5, 0.6) is 0 Å². The molecule has 2 bridgehead atoms. The first kappa shape index (κ1) is 16.6. The molecule has 4 aliphatic heterocycles. The first-order valence-corrected chi connectivity index (χ1v) is 9.61. The highest BCUT2D eigenvalue weighted by Crippen LogP contribution is 2.68. The zero-order valence-corrected chi connectivity index (χ0v) is 15.2. The van der Waals surface area contributed by atoms with E-state index in [1.165, 1.54) is 0 Å². The molecule has 4 amide bonds. The molecule has 4 fully saturated rings. The number of nitrogens with one attached hydrogen (secondary N) is 3. The predicted molar refractivity (Wildman–Crippen MR) is 99.6 cm³/mol. The zero-order chi connectivity index (χ0) is 20.0. The second kappa shape index (κ2) is 5.18. The van der Waals surface area contributed by atoms with Gasteiger partial charge in [0, 0.05) is 0 Å². The van der Waals surface area contributed by atoms with Crippen molar-refractivity contribution < 1.29 is 19.2 Å². The number of carbonyl (C=O) groups excluding carboxylic acids is 4. The number of fused-ring (bicyclic) bond motifs is 8. The largest absolute Gasteiger partial charge is 0.296 e. The van der Waals surface area contributed by atoms with Crippen LogP contribution in [0.3, 0.4) is 0 Å². The topological polar surface area (TPSA) is 104 Å². The first-order chi connectivity index (χ1) is 14.0. The summed E-state index contributed by atoms with van der Waals surface area (Å²) in [4.78, 5) is 52.0. The van der Waals surface area contributed by atoms with Crippen molar-refractivity contribution in [2.45, 2.75) is 11.1 Å². The van der Waals surface area contributed by atoms with Gasteiger partial charge in [-0.05, 0) is 11.1 Å². The van der Waals surface area contributed by atoms with Gasteiger partial charge >= 0.3 is 0 Å². The van der Waals surface area contributed by atoms with E-state index >= 15 is 0 Å². The smallest absolute Gasteiger partial charge is 0.232 e. The quantitative estimate of drug-likeness (QED) is 0.638. The molecule has 7 heteroatoms. The summed E-state index contributed by atoms with van der Waals surface area (Å²) in [7, 11) is 0. The van der Waals surface area contributed by atoms with Crippen LogP contribution in [0.25, 0.3) is 0 Å². The minimum atomic E-state index is -1.14. The Morgan fingerprint density at radius 1 is 0.517 bits per heavy atom. The van der Waals surface area contributed by atoms with E-state index in [1.54, 1.807) is 0 Å². The molecule has 2 aromatic carbocycles. The van der Waals surface area contributed by atoms with Crippen molar-refractivity contribution in [3.05, 3.63) is 71.8 Å². The molecule has 0 saturated carbocycles. The van der Waals surface area contributed by atoms with Crippen LogP contribution >= 0.6 is 0 Å². The maximum absolute atomic E-state index is 13.0.